The molecule has 1 heterocycles. The Bertz CT molecular complexity index is 823. The molecule has 0 unspecified atom stereocenters. The molecule has 0 radical (unpaired) electrons. The van der Waals surface area contributed by atoms with E-state index >= 15 is 0 Å². The van der Waals surface area contributed by atoms with Crippen LogP contribution in [-0.2, 0) is 16.0 Å². The number of rotatable bonds is 4. The zero-order chi connectivity index (χ0) is 18.0. The first-order chi connectivity index (χ1) is 12.0. The maximum Gasteiger partial charge on any atom is 0.229 e. The van der Waals surface area contributed by atoms with Crippen molar-refractivity contribution in [1.29, 1.82) is 0 Å². The summed E-state index contributed by atoms with van der Waals surface area (Å²) in [5, 5.41) is 2.43. The molecule has 1 aliphatic rings. The van der Waals surface area contributed by atoms with Crippen LogP contribution >= 0.6 is 0 Å². The first kappa shape index (κ1) is 17.1. The molecule has 4 nitrogen and oxygen atoms in total. The normalized spacial score (nSPS) is 17.0. The predicted octanol–water partition coefficient (Wildman–Crippen LogP) is 3.52. The summed E-state index contributed by atoms with van der Waals surface area (Å²) in [7, 11) is 0. The maximum atomic E-state index is 13.7. The molecule has 0 saturated carbocycles. The van der Waals surface area contributed by atoms with Crippen LogP contribution in [-0.4, -0.2) is 18.4 Å². The Kier molecular flexibility index (Phi) is 4.79. The first-order valence-corrected chi connectivity index (χ1v) is 8.13. The lowest BCUT2D eigenvalue weighted by atomic mass is 10.1. The van der Waals surface area contributed by atoms with Crippen LogP contribution in [0.1, 0.15) is 18.9 Å². The molecule has 1 aliphatic heterocycles. The highest BCUT2D eigenvalue weighted by Crippen LogP contribution is 2.27. The number of hydrogen-bond acceptors (Lipinski definition) is 2. The number of halogens is 2. The van der Waals surface area contributed by atoms with Crippen molar-refractivity contribution in [2.45, 2.75) is 19.8 Å². The zero-order valence-electron chi connectivity index (χ0n) is 13.8. The molecule has 0 spiro atoms. The SMILES string of the molecule is CCc1cccc(N2C[C@@H](C(=O)Nc3ccc(F)cc3F)CC2=O)c1. The van der Waals surface area contributed by atoms with Crippen LogP contribution in [0, 0.1) is 17.6 Å². The summed E-state index contributed by atoms with van der Waals surface area (Å²) in [6, 6.07) is 10.6. The fraction of sp³-hybridized carbons (Fsp3) is 0.263. The molecule has 2 amide bonds. The minimum atomic E-state index is -0.842. The molecule has 2 aromatic carbocycles. The summed E-state index contributed by atoms with van der Waals surface area (Å²) in [5.74, 6) is -2.73. The topological polar surface area (TPSA) is 49.4 Å². The monoisotopic (exact) mass is 344 g/mol. The van der Waals surface area contributed by atoms with Crippen molar-refractivity contribution in [2.24, 2.45) is 5.92 Å². The molecule has 1 fully saturated rings. The van der Waals surface area contributed by atoms with Crippen molar-refractivity contribution >= 4 is 23.2 Å². The minimum Gasteiger partial charge on any atom is -0.323 e. The fourth-order valence-electron chi connectivity index (χ4n) is 2.90. The van der Waals surface area contributed by atoms with Crippen LogP contribution in [0.3, 0.4) is 0 Å². The van der Waals surface area contributed by atoms with Crippen LogP contribution in [0.2, 0.25) is 0 Å². The summed E-state index contributed by atoms with van der Waals surface area (Å²) in [6.07, 6.45) is 0.911. The number of carbonyl (C=O) groups excluding carboxylic acids is 2. The Morgan fingerprint density at radius 2 is 2.04 bits per heavy atom. The van der Waals surface area contributed by atoms with Gasteiger partial charge in [-0.2, -0.15) is 0 Å². The molecule has 0 aromatic heterocycles. The van der Waals surface area contributed by atoms with Crippen molar-refractivity contribution in [3.63, 3.8) is 0 Å². The molecule has 1 N–H and O–H groups in total. The minimum absolute atomic E-state index is 0.0605. The smallest absolute Gasteiger partial charge is 0.229 e. The summed E-state index contributed by atoms with van der Waals surface area (Å²) >= 11 is 0. The summed E-state index contributed by atoms with van der Waals surface area (Å²) in [4.78, 5) is 26.2. The maximum absolute atomic E-state index is 13.7. The van der Waals surface area contributed by atoms with Crippen LogP contribution < -0.4 is 10.2 Å². The number of nitrogens with zero attached hydrogens (tertiary/aromatic N) is 1. The quantitative estimate of drug-likeness (QED) is 0.923. The van der Waals surface area contributed by atoms with Gasteiger partial charge in [-0.05, 0) is 36.2 Å². The number of amides is 2. The van der Waals surface area contributed by atoms with E-state index in [2.05, 4.69) is 5.32 Å². The third-order valence-electron chi connectivity index (χ3n) is 4.32. The number of carbonyl (C=O) groups is 2. The van der Waals surface area contributed by atoms with Gasteiger partial charge in [0.15, 0.2) is 0 Å². The van der Waals surface area contributed by atoms with Gasteiger partial charge in [0.05, 0.1) is 11.6 Å². The standard InChI is InChI=1S/C19H18F2N2O2/c1-2-12-4-3-5-15(8-12)23-11-13(9-18(23)24)19(25)22-17-7-6-14(20)10-16(17)21/h3-8,10,13H,2,9,11H2,1H3,(H,22,25)/t13-/m0/s1. The molecule has 3 rings (SSSR count). The number of aryl methyl sites for hydroxylation is 1. The third kappa shape index (κ3) is 3.68. The van der Waals surface area contributed by atoms with E-state index in [9.17, 15) is 18.4 Å². The summed E-state index contributed by atoms with van der Waals surface area (Å²) in [6.45, 7) is 2.26. The molecule has 25 heavy (non-hydrogen) atoms. The summed E-state index contributed by atoms with van der Waals surface area (Å²) in [5.41, 5.74) is 1.77. The van der Waals surface area contributed by atoms with Gasteiger partial charge in [-0.3, -0.25) is 9.59 Å². The summed E-state index contributed by atoms with van der Waals surface area (Å²) < 4.78 is 26.6. The Morgan fingerprint density at radius 3 is 2.76 bits per heavy atom. The van der Waals surface area contributed by atoms with Gasteiger partial charge in [0.1, 0.15) is 11.6 Å². The van der Waals surface area contributed by atoms with E-state index in [0.717, 1.165) is 23.7 Å². The lowest BCUT2D eigenvalue weighted by Gasteiger charge is -2.17. The largest absolute Gasteiger partial charge is 0.323 e. The van der Waals surface area contributed by atoms with E-state index < -0.39 is 23.5 Å². The predicted molar refractivity (Wildman–Crippen MR) is 91.3 cm³/mol. The van der Waals surface area contributed by atoms with Gasteiger partial charge in [-0.25, -0.2) is 8.78 Å². The Balaban J connectivity index is 1.72. The average molecular weight is 344 g/mol. The molecule has 1 saturated heterocycles. The van der Waals surface area contributed by atoms with Gasteiger partial charge in [-0.1, -0.05) is 19.1 Å². The van der Waals surface area contributed by atoms with Gasteiger partial charge >= 0.3 is 0 Å². The highest BCUT2D eigenvalue weighted by atomic mass is 19.1. The molecule has 130 valence electrons. The number of benzene rings is 2. The van der Waals surface area contributed by atoms with E-state index in [0.29, 0.717) is 6.07 Å². The van der Waals surface area contributed by atoms with E-state index in [1.165, 1.54) is 6.07 Å². The molecule has 6 heteroatoms. The van der Waals surface area contributed by atoms with E-state index in [1.807, 2.05) is 31.2 Å². The highest BCUT2D eigenvalue weighted by molar-refractivity contribution is 6.03. The third-order valence-corrected chi connectivity index (χ3v) is 4.32. The Morgan fingerprint density at radius 1 is 1.24 bits per heavy atom. The number of nitrogens with one attached hydrogen (secondary N) is 1. The van der Waals surface area contributed by atoms with Crippen molar-refractivity contribution in [3.05, 3.63) is 59.7 Å². The van der Waals surface area contributed by atoms with Crippen molar-refractivity contribution < 1.29 is 18.4 Å². The van der Waals surface area contributed by atoms with Crippen molar-refractivity contribution in [1.82, 2.24) is 0 Å². The van der Waals surface area contributed by atoms with Gasteiger partial charge in [-0.15, -0.1) is 0 Å². The highest BCUT2D eigenvalue weighted by Gasteiger charge is 2.35. The number of anilines is 2. The number of hydrogen-bond donors (Lipinski definition) is 1. The van der Waals surface area contributed by atoms with E-state index in [1.54, 1.807) is 4.90 Å². The van der Waals surface area contributed by atoms with Gasteiger partial charge in [0.2, 0.25) is 11.8 Å². The second-order valence-corrected chi connectivity index (χ2v) is 6.04. The lowest BCUT2D eigenvalue weighted by molar-refractivity contribution is -0.122. The molecular weight excluding hydrogens is 326 g/mol. The van der Waals surface area contributed by atoms with E-state index in [-0.39, 0.29) is 24.6 Å². The molecular formula is C19H18F2N2O2. The van der Waals surface area contributed by atoms with Gasteiger partial charge in [0, 0.05) is 24.7 Å². The van der Waals surface area contributed by atoms with E-state index in [4.69, 9.17) is 0 Å². The van der Waals surface area contributed by atoms with Crippen molar-refractivity contribution in [2.75, 3.05) is 16.8 Å². The van der Waals surface area contributed by atoms with Crippen LogP contribution in [0.25, 0.3) is 0 Å². The van der Waals surface area contributed by atoms with Gasteiger partial charge in [0.25, 0.3) is 0 Å². The second kappa shape index (κ2) is 7.01. The Labute approximate surface area is 144 Å². The molecule has 1 atom stereocenters. The van der Waals surface area contributed by atoms with Crippen molar-refractivity contribution in [3.8, 4) is 0 Å². The van der Waals surface area contributed by atoms with Gasteiger partial charge < -0.3 is 10.2 Å². The Hall–Kier alpha value is -2.76. The first-order valence-electron chi connectivity index (χ1n) is 8.13. The van der Waals surface area contributed by atoms with Crippen LogP contribution in [0.15, 0.2) is 42.5 Å². The fourth-order valence-corrected chi connectivity index (χ4v) is 2.90. The second-order valence-electron chi connectivity index (χ2n) is 6.04. The average Bonchev–Trinajstić information content (AvgIpc) is 2.99. The lowest BCUT2D eigenvalue weighted by Crippen LogP contribution is -2.28. The van der Waals surface area contributed by atoms with Crippen LogP contribution in [0.5, 0.6) is 0 Å². The molecule has 0 bridgehead atoms. The molecule has 0 aliphatic carbocycles. The zero-order valence-corrected chi connectivity index (χ0v) is 13.8. The molecule has 2 aromatic rings. The van der Waals surface area contributed by atoms with Crippen LogP contribution in [0.4, 0.5) is 20.2 Å².